The van der Waals surface area contributed by atoms with Crippen LogP contribution in [0.1, 0.15) is 5.56 Å². The van der Waals surface area contributed by atoms with E-state index in [9.17, 15) is 4.79 Å². The van der Waals surface area contributed by atoms with Crippen LogP contribution in [0.4, 0.5) is 5.69 Å². The molecule has 1 amide bonds. The number of anilines is 1. The number of ether oxygens (including phenoxy) is 2. The fraction of sp³-hybridized carbons (Fsp3) is 0.0526. The minimum Gasteiger partial charge on any atom is -0.454 e. The van der Waals surface area contributed by atoms with Gasteiger partial charge in [-0.25, -0.2) is 0 Å². The van der Waals surface area contributed by atoms with Gasteiger partial charge in [-0.05, 0) is 48.0 Å². The van der Waals surface area contributed by atoms with Gasteiger partial charge in [-0.15, -0.1) is 0 Å². The topological polar surface area (TPSA) is 60.5 Å². The van der Waals surface area contributed by atoms with E-state index in [1.165, 1.54) is 6.08 Å². The summed E-state index contributed by atoms with van der Waals surface area (Å²) < 4.78 is 10.6. The Bertz CT molecular complexity index is 945. The average molecular weight is 318 g/mol. The summed E-state index contributed by atoms with van der Waals surface area (Å²) in [6.45, 7) is 0.234. The molecule has 5 heteroatoms. The second kappa shape index (κ2) is 6.04. The number of aromatic nitrogens is 1. The van der Waals surface area contributed by atoms with E-state index >= 15 is 0 Å². The molecule has 24 heavy (non-hydrogen) atoms. The molecule has 0 fully saturated rings. The highest BCUT2D eigenvalue weighted by Gasteiger charge is 2.12. The largest absolute Gasteiger partial charge is 0.454 e. The molecule has 0 saturated carbocycles. The van der Waals surface area contributed by atoms with Crippen LogP contribution in [0.5, 0.6) is 11.5 Å². The lowest BCUT2D eigenvalue weighted by atomic mass is 10.1. The van der Waals surface area contributed by atoms with Crippen LogP contribution in [0.2, 0.25) is 0 Å². The number of pyridine rings is 1. The molecule has 2 heterocycles. The van der Waals surface area contributed by atoms with Gasteiger partial charge in [0.15, 0.2) is 11.5 Å². The van der Waals surface area contributed by atoms with Crippen LogP contribution >= 0.6 is 0 Å². The van der Waals surface area contributed by atoms with E-state index in [4.69, 9.17) is 9.47 Å². The number of carbonyl (C=O) groups excluding carboxylic acids is 1. The minimum atomic E-state index is -0.205. The first-order valence-electron chi connectivity index (χ1n) is 7.52. The maximum Gasteiger partial charge on any atom is 0.248 e. The summed E-state index contributed by atoms with van der Waals surface area (Å²) in [7, 11) is 0. The van der Waals surface area contributed by atoms with E-state index in [2.05, 4.69) is 10.3 Å². The Kier molecular flexibility index (Phi) is 3.59. The van der Waals surface area contributed by atoms with Crippen molar-refractivity contribution in [2.24, 2.45) is 0 Å². The summed E-state index contributed by atoms with van der Waals surface area (Å²) in [6, 6.07) is 15.0. The Hall–Kier alpha value is -3.34. The van der Waals surface area contributed by atoms with Crippen molar-refractivity contribution in [2.45, 2.75) is 0 Å². The fourth-order valence-corrected chi connectivity index (χ4v) is 2.58. The lowest BCUT2D eigenvalue weighted by Crippen LogP contribution is -2.08. The maximum atomic E-state index is 12.2. The van der Waals surface area contributed by atoms with Gasteiger partial charge in [0.05, 0.1) is 11.2 Å². The van der Waals surface area contributed by atoms with E-state index in [1.807, 2.05) is 48.5 Å². The zero-order chi connectivity index (χ0) is 16.4. The molecular weight excluding hydrogens is 304 g/mol. The van der Waals surface area contributed by atoms with E-state index in [-0.39, 0.29) is 12.7 Å². The van der Waals surface area contributed by atoms with Gasteiger partial charge in [-0.2, -0.15) is 0 Å². The van der Waals surface area contributed by atoms with Crippen molar-refractivity contribution in [3.8, 4) is 11.5 Å². The van der Waals surface area contributed by atoms with E-state index in [0.29, 0.717) is 5.75 Å². The van der Waals surface area contributed by atoms with Crippen LogP contribution in [0.3, 0.4) is 0 Å². The van der Waals surface area contributed by atoms with Crippen LogP contribution in [0.15, 0.2) is 60.8 Å². The van der Waals surface area contributed by atoms with Crippen LogP contribution in [-0.2, 0) is 4.79 Å². The van der Waals surface area contributed by atoms with Crippen molar-refractivity contribution in [1.82, 2.24) is 4.98 Å². The summed E-state index contributed by atoms with van der Waals surface area (Å²) in [5.41, 5.74) is 2.45. The Labute approximate surface area is 138 Å². The summed E-state index contributed by atoms with van der Waals surface area (Å²) in [4.78, 5) is 16.5. The third-order valence-electron chi connectivity index (χ3n) is 3.73. The van der Waals surface area contributed by atoms with Gasteiger partial charge in [0.1, 0.15) is 0 Å². The molecule has 0 spiro atoms. The number of hydrogen-bond acceptors (Lipinski definition) is 4. The number of amides is 1. The van der Waals surface area contributed by atoms with Gasteiger partial charge < -0.3 is 14.8 Å². The second-order valence-electron chi connectivity index (χ2n) is 5.31. The molecule has 0 saturated heterocycles. The van der Waals surface area contributed by atoms with Crippen molar-refractivity contribution in [2.75, 3.05) is 12.1 Å². The number of nitrogens with one attached hydrogen (secondary N) is 1. The van der Waals surface area contributed by atoms with Crippen molar-refractivity contribution < 1.29 is 14.3 Å². The van der Waals surface area contributed by atoms with Gasteiger partial charge in [0, 0.05) is 17.7 Å². The SMILES string of the molecule is O=C(C=Cc1ccc2c(c1)OCO2)Nc1cccc2ncccc12. The first kappa shape index (κ1) is 14.3. The zero-order valence-corrected chi connectivity index (χ0v) is 12.7. The first-order valence-corrected chi connectivity index (χ1v) is 7.52. The lowest BCUT2D eigenvalue weighted by Gasteiger charge is -2.06. The van der Waals surface area contributed by atoms with Crippen LogP contribution < -0.4 is 14.8 Å². The van der Waals surface area contributed by atoms with E-state index in [0.717, 1.165) is 27.9 Å². The third kappa shape index (κ3) is 2.79. The van der Waals surface area contributed by atoms with E-state index in [1.54, 1.807) is 12.3 Å². The summed E-state index contributed by atoms with van der Waals surface area (Å²) >= 11 is 0. The summed E-state index contributed by atoms with van der Waals surface area (Å²) in [5, 5.41) is 3.79. The predicted molar refractivity (Wildman–Crippen MR) is 92.0 cm³/mol. The Balaban J connectivity index is 1.52. The number of nitrogens with zero attached hydrogens (tertiary/aromatic N) is 1. The van der Waals surface area contributed by atoms with Crippen LogP contribution in [-0.4, -0.2) is 17.7 Å². The average Bonchev–Trinajstić information content (AvgIpc) is 3.08. The summed E-state index contributed by atoms with van der Waals surface area (Å²) in [6.07, 6.45) is 4.96. The molecule has 2 aromatic carbocycles. The van der Waals surface area contributed by atoms with Gasteiger partial charge in [0.25, 0.3) is 0 Å². The number of hydrogen-bond donors (Lipinski definition) is 1. The highest BCUT2D eigenvalue weighted by molar-refractivity contribution is 6.06. The second-order valence-corrected chi connectivity index (χ2v) is 5.31. The minimum absolute atomic E-state index is 0.205. The molecule has 0 atom stereocenters. The quantitative estimate of drug-likeness (QED) is 0.749. The molecule has 3 aromatic rings. The highest BCUT2D eigenvalue weighted by Crippen LogP contribution is 2.32. The number of rotatable bonds is 3. The molecular formula is C19H14N2O3. The molecule has 0 radical (unpaired) electrons. The molecule has 0 aliphatic carbocycles. The van der Waals surface area contributed by atoms with Gasteiger partial charge in [-0.3, -0.25) is 9.78 Å². The van der Waals surface area contributed by atoms with Crippen molar-refractivity contribution in [3.63, 3.8) is 0 Å². The van der Waals surface area contributed by atoms with Crippen molar-refractivity contribution in [1.29, 1.82) is 0 Å². The molecule has 1 N–H and O–H groups in total. The normalized spacial score (nSPS) is 12.7. The third-order valence-corrected chi connectivity index (χ3v) is 3.73. The standard InChI is InChI=1S/C19H14N2O3/c22-19(9-7-13-6-8-17-18(11-13)24-12-23-17)21-16-5-1-4-15-14(16)3-2-10-20-15/h1-11H,12H2,(H,21,22). The molecule has 0 unspecified atom stereocenters. The molecule has 1 aliphatic rings. The Morgan fingerprint density at radius 3 is 2.96 bits per heavy atom. The number of benzene rings is 2. The van der Waals surface area contributed by atoms with Crippen molar-refractivity contribution >= 4 is 28.6 Å². The molecule has 0 bridgehead atoms. The molecule has 1 aliphatic heterocycles. The molecule has 4 rings (SSSR count). The maximum absolute atomic E-state index is 12.2. The van der Waals surface area contributed by atoms with Gasteiger partial charge in [0.2, 0.25) is 12.7 Å². The smallest absolute Gasteiger partial charge is 0.248 e. The molecule has 5 nitrogen and oxygen atoms in total. The first-order chi connectivity index (χ1) is 11.8. The Morgan fingerprint density at radius 1 is 1.08 bits per heavy atom. The van der Waals surface area contributed by atoms with Crippen molar-refractivity contribution in [3.05, 3.63) is 66.4 Å². The number of fused-ring (bicyclic) bond motifs is 2. The number of carbonyl (C=O) groups is 1. The highest BCUT2D eigenvalue weighted by atomic mass is 16.7. The van der Waals surface area contributed by atoms with Gasteiger partial charge >= 0.3 is 0 Å². The summed E-state index contributed by atoms with van der Waals surface area (Å²) in [5.74, 6) is 1.21. The van der Waals surface area contributed by atoms with Crippen LogP contribution in [0, 0.1) is 0 Å². The monoisotopic (exact) mass is 318 g/mol. The fourth-order valence-electron chi connectivity index (χ4n) is 2.58. The Morgan fingerprint density at radius 2 is 2.00 bits per heavy atom. The molecule has 118 valence electrons. The lowest BCUT2D eigenvalue weighted by molar-refractivity contribution is -0.111. The molecule has 1 aromatic heterocycles. The van der Waals surface area contributed by atoms with Gasteiger partial charge in [-0.1, -0.05) is 12.1 Å². The predicted octanol–water partition coefficient (Wildman–Crippen LogP) is 3.62. The van der Waals surface area contributed by atoms with E-state index < -0.39 is 0 Å². The zero-order valence-electron chi connectivity index (χ0n) is 12.7. The van der Waals surface area contributed by atoms with Crippen LogP contribution in [0.25, 0.3) is 17.0 Å².